The Morgan fingerprint density at radius 3 is 2.47 bits per heavy atom. The Morgan fingerprint density at radius 1 is 0.967 bits per heavy atom. The minimum atomic E-state index is -0.260. The van der Waals surface area contributed by atoms with E-state index in [0.717, 1.165) is 34.1 Å². The molecule has 0 saturated heterocycles. The van der Waals surface area contributed by atoms with E-state index in [1.54, 1.807) is 0 Å². The summed E-state index contributed by atoms with van der Waals surface area (Å²) in [6, 6.07) is 15.2. The van der Waals surface area contributed by atoms with Crippen LogP contribution in [0.2, 0.25) is 0 Å². The van der Waals surface area contributed by atoms with Crippen molar-refractivity contribution in [2.75, 3.05) is 0 Å². The SMILES string of the molecule is CCCc1nc2ccccc2c2c1C(=O)N(Cc1ccc(-c3csnn3)cc1)C2=O. The summed E-state index contributed by atoms with van der Waals surface area (Å²) in [6.45, 7) is 2.27. The Balaban J connectivity index is 1.51. The minimum Gasteiger partial charge on any atom is -0.270 e. The third kappa shape index (κ3) is 2.98. The van der Waals surface area contributed by atoms with Gasteiger partial charge in [0.2, 0.25) is 0 Å². The molecule has 1 aliphatic heterocycles. The molecule has 30 heavy (non-hydrogen) atoms. The van der Waals surface area contributed by atoms with E-state index in [-0.39, 0.29) is 18.4 Å². The first-order valence-electron chi connectivity index (χ1n) is 9.81. The molecule has 0 atom stereocenters. The highest BCUT2D eigenvalue weighted by Gasteiger charge is 2.39. The molecule has 4 aromatic rings. The molecule has 6 nitrogen and oxygen atoms in total. The van der Waals surface area contributed by atoms with Crippen molar-refractivity contribution in [2.45, 2.75) is 26.3 Å². The van der Waals surface area contributed by atoms with Gasteiger partial charge in [0.05, 0.1) is 28.9 Å². The zero-order valence-electron chi connectivity index (χ0n) is 16.3. The van der Waals surface area contributed by atoms with Gasteiger partial charge in [-0.25, -0.2) is 0 Å². The maximum absolute atomic E-state index is 13.3. The molecule has 2 aromatic carbocycles. The van der Waals surface area contributed by atoms with Crippen LogP contribution in [-0.2, 0) is 13.0 Å². The topological polar surface area (TPSA) is 76.1 Å². The number of carbonyl (C=O) groups excluding carboxylic acids is 2. The van der Waals surface area contributed by atoms with Crippen LogP contribution in [0, 0.1) is 0 Å². The molecule has 0 aliphatic carbocycles. The summed E-state index contributed by atoms with van der Waals surface area (Å²) >= 11 is 1.30. The van der Waals surface area contributed by atoms with Crippen LogP contribution in [0.15, 0.2) is 53.9 Å². The second-order valence-corrected chi connectivity index (χ2v) is 7.87. The van der Waals surface area contributed by atoms with Gasteiger partial charge < -0.3 is 0 Å². The van der Waals surface area contributed by atoms with Crippen molar-refractivity contribution in [1.29, 1.82) is 0 Å². The highest BCUT2D eigenvalue weighted by atomic mass is 32.1. The number of amides is 2. The van der Waals surface area contributed by atoms with E-state index in [1.807, 2.05) is 60.8 Å². The number of carbonyl (C=O) groups is 2. The molecule has 0 N–H and O–H groups in total. The zero-order chi connectivity index (χ0) is 20.7. The van der Waals surface area contributed by atoms with Crippen LogP contribution in [0.4, 0.5) is 0 Å². The van der Waals surface area contributed by atoms with Crippen LogP contribution in [0.5, 0.6) is 0 Å². The van der Waals surface area contributed by atoms with E-state index in [4.69, 9.17) is 4.98 Å². The largest absolute Gasteiger partial charge is 0.270 e. The molecule has 0 radical (unpaired) electrons. The molecule has 2 aromatic heterocycles. The van der Waals surface area contributed by atoms with Gasteiger partial charge in [0, 0.05) is 16.3 Å². The first kappa shape index (κ1) is 18.6. The summed E-state index contributed by atoms with van der Waals surface area (Å²) in [6.07, 6.45) is 1.52. The molecule has 0 fully saturated rings. The van der Waals surface area contributed by atoms with Gasteiger partial charge in [-0.2, -0.15) is 0 Å². The molecule has 5 rings (SSSR count). The quantitative estimate of drug-likeness (QED) is 0.449. The van der Waals surface area contributed by atoms with Crippen molar-refractivity contribution in [3.63, 3.8) is 0 Å². The van der Waals surface area contributed by atoms with Crippen LogP contribution < -0.4 is 0 Å². The van der Waals surface area contributed by atoms with E-state index >= 15 is 0 Å². The van der Waals surface area contributed by atoms with E-state index in [0.29, 0.717) is 23.2 Å². The first-order chi connectivity index (χ1) is 14.7. The maximum atomic E-state index is 13.3. The highest BCUT2D eigenvalue weighted by Crippen LogP contribution is 2.33. The molecule has 3 heterocycles. The van der Waals surface area contributed by atoms with Crippen molar-refractivity contribution in [3.05, 3.63) is 76.3 Å². The lowest BCUT2D eigenvalue weighted by Crippen LogP contribution is -2.29. The lowest BCUT2D eigenvalue weighted by Gasteiger charge is -2.14. The fourth-order valence-electron chi connectivity index (χ4n) is 3.89. The highest BCUT2D eigenvalue weighted by molar-refractivity contribution is 7.03. The zero-order valence-corrected chi connectivity index (χ0v) is 17.1. The smallest absolute Gasteiger partial charge is 0.263 e. The van der Waals surface area contributed by atoms with E-state index in [2.05, 4.69) is 9.59 Å². The fourth-order valence-corrected chi connectivity index (χ4v) is 4.36. The Morgan fingerprint density at radius 2 is 1.73 bits per heavy atom. The molecule has 0 unspecified atom stereocenters. The number of hydrogen-bond acceptors (Lipinski definition) is 6. The van der Waals surface area contributed by atoms with Crippen molar-refractivity contribution in [3.8, 4) is 11.3 Å². The van der Waals surface area contributed by atoms with Gasteiger partial charge in [-0.05, 0) is 29.6 Å². The van der Waals surface area contributed by atoms with E-state index in [1.165, 1.54) is 16.4 Å². The minimum absolute atomic E-state index is 0.224. The van der Waals surface area contributed by atoms with Gasteiger partial charge in [-0.15, -0.1) is 5.10 Å². The number of pyridine rings is 1. The number of para-hydroxylation sites is 1. The van der Waals surface area contributed by atoms with Crippen LogP contribution in [-0.4, -0.2) is 31.3 Å². The van der Waals surface area contributed by atoms with E-state index < -0.39 is 0 Å². The third-order valence-electron chi connectivity index (χ3n) is 5.32. The van der Waals surface area contributed by atoms with Gasteiger partial charge in [-0.3, -0.25) is 19.5 Å². The lowest BCUT2D eigenvalue weighted by atomic mass is 10.0. The second kappa shape index (κ2) is 7.42. The molecule has 0 saturated carbocycles. The fraction of sp³-hybridized carbons (Fsp3) is 0.174. The summed E-state index contributed by atoms with van der Waals surface area (Å²) in [5.41, 5.74) is 5.06. The normalized spacial score (nSPS) is 13.3. The Labute approximate surface area is 177 Å². The predicted octanol–water partition coefficient (Wildman–Crippen LogP) is 4.50. The lowest BCUT2D eigenvalue weighted by molar-refractivity contribution is 0.0642. The van der Waals surface area contributed by atoms with Crippen molar-refractivity contribution >= 4 is 34.2 Å². The Bertz CT molecular complexity index is 1270. The molecule has 0 bridgehead atoms. The Hall–Kier alpha value is -3.45. The van der Waals surface area contributed by atoms with Gasteiger partial charge in [0.15, 0.2) is 0 Å². The van der Waals surface area contributed by atoms with Crippen LogP contribution in [0.3, 0.4) is 0 Å². The number of aryl methyl sites for hydroxylation is 1. The summed E-state index contributed by atoms with van der Waals surface area (Å²) in [5.74, 6) is -0.511. The van der Waals surface area contributed by atoms with Crippen molar-refractivity contribution in [2.24, 2.45) is 0 Å². The number of fused-ring (bicyclic) bond motifs is 3. The van der Waals surface area contributed by atoms with Gasteiger partial charge >= 0.3 is 0 Å². The van der Waals surface area contributed by atoms with Gasteiger partial charge in [-0.1, -0.05) is 60.3 Å². The summed E-state index contributed by atoms with van der Waals surface area (Å²) < 4.78 is 3.88. The number of nitrogens with zero attached hydrogens (tertiary/aromatic N) is 4. The summed E-state index contributed by atoms with van der Waals surface area (Å²) in [7, 11) is 0. The maximum Gasteiger partial charge on any atom is 0.263 e. The summed E-state index contributed by atoms with van der Waals surface area (Å²) in [5, 5.41) is 6.69. The standard InChI is InChI=1S/C23H18N4O2S/c1-2-5-18-21-20(16-6-3-4-7-17(16)24-18)22(28)27(23(21)29)12-14-8-10-15(11-9-14)19-13-30-26-25-19/h3-4,6-11,13H,2,5,12H2,1H3. The predicted molar refractivity (Wildman–Crippen MR) is 115 cm³/mol. The molecule has 1 aliphatic rings. The average molecular weight is 414 g/mol. The van der Waals surface area contributed by atoms with Gasteiger partial charge in [0.25, 0.3) is 11.8 Å². The van der Waals surface area contributed by atoms with Crippen molar-refractivity contribution in [1.82, 2.24) is 19.5 Å². The molecule has 0 spiro atoms. The monoisotopic (exact) mass is 414 g/mol. The molecular formula is C23H18N4O2S. The molecule has 148 valence electrons. The van der Waals surface area contributed by atoms with E-state index in [9.17, 15) is 9.59 Å². The van der Waals surface area contributed by atoms with Crippen molar-refractivity contribution < 1.29 is 9.59 Å². The van der Waals surface area contributed by atoms with Crippen LogP contribution in [0.25, 0.3) is 22.2 Å². The number of rotatable bonds is 5. The molecular weight excluding hydrogens is 396 g/mol. The average Bonchev–Trinajstić information content (AvgIpc) is 3.38. The van der Waals surface area contributed by atoms with Crippen LogP contribution >= 0.6 is 11.5 Å². The van der Waals surface area contributed by atoms with Gasteiger partial charge in [0.1, 0.15) is 5.69 Å². The first-order valence-corrected chi connectivity index (χ1v) is 10.6. The third-order valence-corrected chi connectivity index (χ3v) is 5.83. The van der Waals surface area contributed by atoms with Crippen LogP contribution in [0.1, 0.15) is 45.3 Å². The molecule has 7 heteroatoms. The molecule has 2 amide bonds. The number of imide groups is 1. The second-order valence-electron chi connectivity index (χ2n) is 7.26. The number of aromatic nitrogens is 3. The number of benzene rings is 2. The summed E-state index contributed by atoms with van der Waals surface area (Å²) in [4.78, 5) is 32.6. The Kier molecular flexibility index (Phi) is 4.59. The number of hydrogen-bond donors (Lipinski definition) is 0.